The summed E-state index contributed by atoms with van der Waals surface area (Å²) >= 11 is 4.74. The SMILES string of the molecule is CCCC(CCC)(CCC)N(C(CCC)(CCC)CCC)P(=NS)(N(C)C)N(C)C. The predicted octanol–water partition coefficient (Wildman–Crippen LogP) is 8.48. The smallest absolute Gasteiger partial charge is 0.179 e. The molecule has 4 nitrogen and oxygen atoms in total. The molecule has 0 radical (unpaired) electrons. The summed E-state index contributed by atoms with van der Waals surface area (Å²) in [6.45, 7) is 14.2. The Kier molecular flexibility index (Phi) is 14.8. The van der Waals surface area contributed by atoms with Gasteiger partial charge in [0.15, 0.2) is 7.51 Å². The molecule has 0 aliphatic heterocycles. The summed E-state index contributed by atoms with van der Waals surface area (Å²) in [5.74, 6) is 0. The molecule has 182 valence electrons. The second-order valence-electron chi connectivity index (χ2n) is 9.58. The summed E-state index contributed by atoms with van der Waals surface area (Å²) in [6, 6.07) is 0. The van der Waals surface area contributed by atoms with E-state index in [1.165, 1.54) is 77.0 Å². The third-order valence-corrected chi connectivity index (χ3v) is 11.1. The molecule has 0 aliphatic carbocycles. The molecule has 0 rings (SSSR count). The van der Waals surface area contributed by atoms with Crippen LogP contribution in [0.25, 0.3) is 0 Å². The normalized spacial score (nSPS) is 13.7. The second-order valence-corrected chi connectivity index (χ2v) is 13.4. The molecule has 0 aliphatic rings. The summed E-state index contributed by atoms with van der Waals surface area (Å²) in [6.07, 6.45) is 14.7. The van der Waals surface area contributed by atoms with Gasteiger partial charge in [0.05, 0.1) is 0 Å². The molecule has 0 fully saturated rings. The van der Waals surface area contributed by atoms with Gasteiger partial charge in [0, 0.05) is 11.1 Å². The monoisotopic (exact) mass is 462 g/mol. The quantitative estimate of drug-likeness (QED) is 0.173. The third kappa shape index (κ3) is 6.50. The molecule has 30 heavy (non-hydrogen) atoms. The first-order chi connectivity index (χ1) is 14.2. The van der Waals surface area contributed by atoms with Crippen molar-refractivity contribution < 1.29 is 0 Å². The van der Waals surface area contributed by atoms with Crippen LogP contribution in [0.5, 0.6) is 0 Å². The Morgan fingerprint density at radius 3 is 0.933 bits per heavy atom. The molecule has 0 unspecified atom stereocenters. The van der Waals surface area contributed by atoms with E-state index in [2.05, 4.69) is 83.7 Å². The molecule has 0 aromatic heterocycles. The zero-order valence-electron chi connectivity index (χ0n) is 22.2. The molecule has 0 heterocycles. The van der Waals surface area contributed by atoms with E-state index in [0.29, 0.717) is 0 Å². The predicted molar refractivity (Wildman–Crippen MR) is 142 cm³/mol. The van der Waals surface area contributed by atoms with E-state index in [1.54, 1.807) is 0 Å². The van der Waals surface area contributed by atoms with Gasteiger partial charge in [-0.3, -0.25) is 9.34 Å². The molecule has 0 saturated carbocycles. The van der Waals surface area contributed by atoms with Gasteiger partial charge in [0.2, 0.25) is 0 Å². The van der Waals surface area contributed by atoms with Crippen molar-refractivity contribution in [2.45, 2.75) is 130 Å². The van der Waals surface area contributed by atoms with Gasteiger partial charge in [0.1, 0.15) is 0 Å². The van der Waals surface area contributed by atoms with Crippen LogP contribution < -0.4 is 0 Å². The van der Waals surface area contributed by atoms with Crippen LogP contribution in [0.1, 0.15) is 119 Å². The zero-order chi connectivity index (χ0) is 23.4. The summed E-state index contributed by atoms with van der Waals surface area (Å²) in [4.78, 5) is 0. The minimum Gasteiger partial charge on any atom is -0.251 e. The Balaban J connectivity index is 7.45. The van der Waals surface area contributed by atoms with Gasteiger partial charge in [-0.2, -0.15) is 4.15 Å². The van der Waals surface area contributed by atoms with E-state index in [9.17, 15) is 0 Å². The van der Waals surface area contributed by atoms with Crippen molar-refractivity contribution >= 4 is 20.3 Å². The van der Waals surface area contributed by atoms with Gasteiger partial charge in [-0.25, -0.2) is 4.67 Å². The van der Waals surface area contributed by atoms with Crippen molar-refractivity contribution in [1.82, 2.24) is 14.0 Å². The summed E-state index contributed by atoms with van der Waals surface area (Å²) in [7, 11) is 6.74. The fourth-order valence-corrected chi connectivity index (χ4v) is 10.9. The lowest BCUT2D eigenvalue weighted by Gasteiger charge is -2.62. The molecule has 6 heteroatoms. The molecule has 0 bridgehead atoms. The molecule has 0 N–H and O–H groups in total. The highest BCUT2D eigenvalue weighted by atomic mass is 32.1. The van der Waals surface area contributed by atoms with Gasteiger partial charge in [0.25, 0.3) is 0 Å². The zero-order valence-corrected chi connectivity index (χ0v) is 24.0. The van der Waals surface area contributed by atoms with Gasteiger partial charge in [-0.15, -0.1) is 0 Å². The number of thiol groups is 1. The van der Waals surface area contributed by atoms with Crippen LogP contribution in [0, 0.1) is 0 Å². The number of hydrogen-bond acceptors (Lipinski definition) is 1. The molecule has 0 aromatic carbocycles. The molecular formula is C24H55N4PS. The first-order valence-electron chi connectivity index (χ1n) is 12.6. The number of nitrogens with zero attached hydrogens (tertiary/aromatic N) is 4. The standard InChI is InChI=1S/C24H55N4PS/c1-11-17-23(18-12-2,19-13-3)28(29(25-30,26(7)8)27(9)10)24(20-14-4,21-15-5)22-16-6/h30H,11-22H2,1-10H3. The first kappa shape index (κ1) is 30.5. The Morgan fingerprint density at radius 1 is 0.567 bits per heavy atom. The van der Waals surface area contributed by atoms with Crippen LogP contribution >= 0.6 is 20.3 Å². The van der Waals surface area contributed by atoms with Crippen molar-refractivity contribution in [3.05, 3.63) is 0 Å². The largest absolute Gasteiger partial charge is 0.251 e. The lowest BCUT2D eigenvalue weighted by Crippen LogP contribution is -2.61. The summed E-state index contributed by atoms with van der Waals surface area (Å²) in [5.41, 5.74) is 0.318. The van der Waals surface area contributed by atoms with Crippen molar-refractivity contribution in [3.8, 4) is 0 Å². The highest BCUT2D eigenvalue weighted by Crippen LogP contribution is 2.67. The van der Waals surface area contributed by atoms with Crippen LogP contribution in [-0.4, -0.2) is 53.3 Å². The second kappa shape index (κ2) is 14.6. The summed E-state index contributed by atoms with van der Waals surface area (Å²) < 4.78 is 12.9. The van der Waals surface area contributed by atoms with Gasteiger partial charge < -0.3 is 0 Å². The Hall–Kier alpha value is 0.460. The maximum atomic E-state index is 5.03. The van der Waals surface area contributed by atoms with E-state index < -0.39 is 7.51 Å². The number of hydrogen-bond donors (Lipinski definition) is 1. The van der Waals surface area contributed by atoms with Crippen molar-refractivity contribution in [2.75, 3.05) is 28.2 Å². The Bertz CT molecular complexity index is 435. The average molecular weight is 463 g/mol. The van der Waals surface area contributed by atoms with Gasteiger partial charge >= 0.3 is 0 Å². The van der Waals surface area contributed by atoms with Gasteiger partial charge in [-0.05, 0) is 79.5 Å². The van der Waals surface area contributed by atoms with E-state index >= 15 is 0 Å². The molecule has 0 spiro atoms. The molecule has 0 saturated heterocycles. The fourth-order valence-electron chi connectivity index (χ4n) is 6.17. The highest BCUT2D eigenvalue weighted by Gasteiger charge is 2.54. The fraction of sp³-hybridized carbons (Fsp3) is 1.00. The van der Waals surface area contributed by atoms with Crippen LogP contribution in [0.2, 0.25) is 0 Å². The van der Waals surface area contributed by atoms with E-state index in [4.69, 9.17) is 17.0 Å². The van der Waals surface area contributed by atoms with Crippen molar-refractivity contribution in [3.63, 3.8) is 0 Å². The lowest BCUT2D eigenvalue weighted by atomic mass is 9.76. The lowest BCUT2D eigenvalue weighted by molar-refractivity contribution is 0.0119. The van der Waals surface area contributed by atoms with E-state index in [0.717, 1.165) is 0 Å². The third-order valence-electron chi connectivity index (χ3n) is 6.65. The maximum absolute atomic E-state index is 5.03. The van der Waals surface area contributed by atoms with Crippen LogP contribution in [0.3, 0.4) is 0 Å². The highest BCUT2D eigenvalue weighted by molar-refractivity contribution is 7.84. The topological polar surface area (TPSA) is 22.1 Å². The van der Waals surface area contributed by atoms with E-state index in [1.807, 2.05) is 0 Å². The van der Waals surface area contributed by atoms with Crippen LogP contribution in [0.4, 0.5) is 0 Å². The average Bonchev–Trinajstić information content (AvgIpc) is 2.66. The minimum absolute atomic E-state index is 0.159. The molecule has 0 atom stereocenters. The molecular weight excluding hydrogens is 407 g/mol. The molecule has 0 aromatic rings. The van der Waals surface area contributed by atoms with Crippen LogP contribution in [-0.2, 0) is 0 Å². The van der Waals surface area contributed by atoms with Gasteiger partial charge in [-0.1, -0.05) is 80.1 Å². The van der Waals surface area contributed by atoms with Crippen LogP contribution in [0.15, 0.2) is 4.15 Å². The number of rotatable bonds is 17. The molecule has 0 amide bonds. The maximum Gasteiger partial charge on any atom is 0.179 e. The Morgan fingerprint density at radius 2 is 0.800 bits per heavy atom. The van der Waals surface area contributed by atoms with E-state index in [-0.39, 0.29) is 11.1 Å². The van der Waals surface area contributed by atoms with Crippen molar-refractivity contribution in [1.29, 1.82) is 0 Å². The Labute approximate surface area is 196 Å². The van der Waals surface area contributed by atoms with Crippen molar-refractivity contribution in [2.24, 2.45) is 4.15 Å². The minimum atomic E-state index is -2.16. The first-order valence-corrected chi connectivity index (χ1v) is 14.6. The summed E-state index contributed by atoms with van der Waals surface area (Å²) in [5, 5.41) is 0.